The van der Waals surface area contributed by atoms with Crippen molar-refractivity contribution in [2.24, 2.45) is 0 Å². The standard InChI is InChI=1S/C8H21N2O3P/c1-6-7-8(9-10(2)3)14(11,12-4)13-5/h8-9H,6-7H2,1-5H3. The van der Waals surface area contributed by atoms with Gasteiger partial charge in [0.15, 0.2) is 0 Å². The van der Waals surface area contributed by atoms with Crippen molar-refractivity contribution < 1.29 is 13.6 Å². The molecule has 0 rings (SSSR count). The summed E-state index contributed by atoms with van der Waals surface area (Å²) in [6.45, 7) is 2.03. The number of rotatable bonds is 7. The van der Waals surface area contributed by atoms with Crippen LogP contribution < -0.4 is 5.43 Å². The summed E-state index contributed by atoms with van der Waals surface area (Å²) in [5.41, 5.74) is 3.04. The van der Waals surface area contributed by atoms with Gasteiger partial charge in [0.2, 0.25) is 0 Å². The maximum absolute atomic E-state index is 12.0. The van der Waals surface area contributed by atoms with Gasteiger partial charge in [0.1, 0.15) is 5.78 Å². The fraction of sp³-hybridized carbons (Fsp3) is 1.00. The second-order valence-electron chi connectivity index (χ2n) is 3.23. The lowest BCUT2D eigenvalue weighted by atomic mass is 10.3. The number of nitrogens with one attached hydrogen (secondary N) is 1. The van der Waals surface area contributed by atoms with Crippen LogP contribution in [0.2, 0.25) is 0 Å². The highest BCUT2D eigenvalue weighted by Gasteiger charge is 2.33. The van der Waals surface area contributed by atoms with Gasteiger partial charge >= 0.3 is 7.60 Å². The highest BCUT2D eigenvalue weighted by Crippen LogP contribution is 2.51. The lowest BCUT2D eigenvalue weighted by molar-refractivity contribution is 0.211. The maximum Gasteiger partial charge on any atom is 0.348 e. The molecule has 0 aliphatic carbocycles. The third kappa shape index (κ3) is 4.07. The van der Waals surface area contributed by atoms with Gasteiger partial charge in [-0.3, -0.25) is 4.57 Å². The van der Waals surface area contributed by atoms with Gasteiger partial charge in [-0.2, -0.15) is 0 Å². The topological polar surface area (TPSA) is 50.8 Å². The molecule has 1 unspecified atom stereocenters. The molecular formula is C8H21N2O3P. The first-order valence-electron chi connectivity index (χ1n) is 4.64. The van der Waals surface area contributed by atoms with E-state index in [4.69, 9.17) is 9.05 Å². The zero-order valence-corrected chi connectivity index (χ0v) is 10.5. The molecule has 1 N–H and O–H groups in total. The lowest BCUT2D eigenvalue weighted by Crippen LogP contribution is -2.40. The Bertz CT molecular complexity index is 191. The van der Waals surface area contributed by atoms with Gasteiger partial charge in [0, 0.05) is 28.3 Å². The van der Waals surface area contributed by atoms with E-state index in [9.17, 15) is 4.57 Å². The van der Waals surface area contributed by atoms with Crippen molar-refractivity contribution in [3.8, 4) is 0 Å². The summed E-state index contributed by atoms with van der Waals surface area (Å²) in [5.74, 6) is -0.280. The molecule has 0 aliphatic rings. The van der Waals surface area contributed by atoms with Crippen LogP contribution in [-0.4, -0.2) is 39.1 Å². The van der Waals surface area contributed by atoms with Crippen LogP contribution in [0.15, 0.2) is 0 Å². The normalized spacial score (nSPS) is 14.7. The fourth-order valence-electron chi connectivity index (χ4n) is 1.19. The molecule has 0 spiro atoms. The van der Waals surface area contributed by atoms with Crippen molar-refractivity contribution in [2.45, 2.75) is 25.5 Å². The number of hydrazine groups is 1. The van der Waals surface area contributed by atoms with E-state index >= 15 is 0 Å². The first kappa shape index (κ1) is 14.1. The van der Waals surface area contributed by atoms with E-state index in [1.165, 1.54) is 14.2 Å². The molecule has 0 heterocycles. The summed E-state index contributed by atoms with van der Waals surface area (Å²) in [6, 6.07) is 0. The van der Waals surface area contributed by atoms with Crippen molar-refractivity contribution in [3.05, 3.63) is 0 Å². The Morgan fingerprint density at radius 1 is 1.36 bits per heavy atom. The minimum absolute atomic E-state index is 0.280. The van der Waals surface area contributed by atoms with Crippen molar-refractivity contribution in [1.29, 1.82) is 0 Å². The summed E-state index contributed by atoms with van der Waals surface area (Å²) in [4.78, 5) is 0. The maximum atomic E-state index is 12.0. The smallest absolute Gasteiger partial charge is 0.311 e. The van der Waals surface area contributed by atoms with Gasteiger partial charge in [-0.1, -0.05) is 13.3 Å². The molecule has 0 aromatic rings. The van der Waals surface area contributed by atoms with Crippen LogP contribution >= 0.6 is 7.60 Å². The molecule has 86 valence electrons. The van der Waals surface area contributed by atoms with E-state index in [2.05, 4.69) is 5.43 Å². The van der Waals surface area contributed by atoms with Gasteiger partial charge in [0.25, 0.3) is 0 Å². The summed E-state index contributed by atoms with van der Waals surface area (Å²) in [5, 5.41) is 1.75. The molecule has 0 radical (unpaired) electrons. The second kappa shape index (κ2) is 6.53. The van der Waals surface area contributed by atoms with Crippen molar-refractivity contribution in [3.63, 3.8) is 0 Å². The monoisotopic (exact) mass is 224 g/mol. The van der Waals surface area contributed by atoms with Gasteiger partial charge in [-0.25, -0.2) is 10.4 Å². The molecule has 14 heavy (non-hydrogen) atoms. The first-order chi connectivity index (χ1) is 6.50. The SMILES string of the molecule is CCCC(NN(C)C)P(=O)(OC)OC. The third-order valence-corrected chi connectivity index (χ3v) is 4.02. The molecule has 6 heteroatoms. The number of hydrogen-bond acceptors (Lipinski definition) is 5. The Labute approximate surface area is 86.3 Å². The molecule has 5 nitrogen and oxygen atoms in total. The molecule has 1 atom stereocenters. The van der Waals surface area contributed by atoms with Crippen molar-refractivity contribution in [2.75, 3.05) is 28.3 Å². The van der Waals surface area contributed by atoms with Gasteiger partial charge in [-0.15, -0.1) is 0 Å². The van der Waals surface area contributed by atoms with Crippen LogP contribution in [0, 0.1) is 0 Å². The molecule has 0 saturated carbocycles. The molecule has 0 aliphatic heterocycles. The summed E-state index contributed by atoms with van der Waals surface area (Å²) in [6.07, 6.45) is 1.67. The summed E-state index contributed by atoms with van der Waals surface area (Å²) >= 11 is 0. The van der Waals surface area contributed by atoms with E-state index in [-0.39, 0.29) is 5.78 Å². The predicted octanol–water partition coefficient (Wildman–Crippen LogP) is 1.66. The molecule has 0 fully saturated rings. The Balaban J connectivity index is 4.52. The Morgan fingerprint density at radius 2 is 1.86 bits per heavy atom. The van der Waals surface area contributed by atoms with Crippen LogP contribution in [0.25, 0.3) is 0 Å². The summed E-state index contributed by atoms with van der Waals surface area (Å²) < 4.78 is 21.9. The first-order valence-corrected chi connectivity index (χ1v) is 6.26. The van der Waals surface area contributed by atoms with Crippen LogP contribution in [0.3, 0.4) is 0 Å². The van der Waals surface area contributed by atoms with E-state index in [1.807, 2.05) is 21.0 Å². The zero-order chi connectivity index (χ0) is 11.2. The largest absolute Gasteiger partial charge is 0.348 e. The molecule has 0 aromatic heterocycles. The van der Waals surface area contributed by atoms with Crippen molar-refractivity contribution >= 4 is 7.60 Å². The minimum Gasteiger partial charge on any atom is -0.311 e. The van der Waals surface area contributed by atoms with Gasteiger partial charge < -0.3 is 9.05 Å². The third-order valence-electron chi connectivity index (χ3n) is 1.86. The average molecular weight is 224 g/mol. The van der Waals surface area contributed by atoms with Crippen LogP contribution in [0.4, 0.5) is 0 Å². The Kier molecular flexibility index (Phi) is 6.57. The minimum atomic E-state index is -3.01. The van der Waals surface area contributed by atoms with E-state index in [0.717, 1.165) is 12.8 Å². The second-order valence-corrected chi connectivity index (χ2v) is 5.67. The van der Waals surface area contributed by atoms with E-state index < -0.39 is 7.60 Å². The van der Waals surface area contributed by atoms with Crippen LogP contribution in [0.5, 0.6) is 0 Å². The quantitative estimate of drug-likeness (QED) is 0.526. The number of hydrogen-bond donors (Lipinski definition) is 1. The van der Waals surface area contributed by atoms with Crippen LogP contribution in [0.1, 0.15) is 19.8 Å². The van der Waals surface area contributed by atoms with Gasteiger partial charge in [0.05, 0.1) is 0 Å². The molecule has 0 amide bonds. The number of nitrogens with zero attached hydrogens (tertiary/aromatic N) is 1. The Hall–Kier alpha value is 0.0700. The fourth-order valence-corrected chi connectivity index (χ4v) is 2.80. The van der Waals surface area contributed by atoms with Gasteiger partial charge in [-0.05, 0) is 6.42 Å². The molecular weight excluding hydrogens is 203 g/mol. The summed E-state index contributed by atoms with van der Waals surface area (Å²) in [7, 11) is 3.49. The van der Waals surface area contributed by atoms with E-state index in [0.29, 0.717) is 0 Å². The zero-order valence-electron chi connectivity index (χ0n) is 9.61. The molecule has 0 aromatic carbocycles. The molecule has 0 saturated heterocycles. The predicted molar refractivity (Wildman–Crippen MR) is 57.1 cm³/mol. The van der Waals surface area contributed by atoms with Crippen LogP contribution in [-0.2, 0) is 13.6 Å². The lowest BCUT2D eigenvalue weighted by Gasteiger charge is -2.27. The highest BCUT2D eigenvalue weighted by molar-refractivity contribution is 7.54. The van der Waals surface area contributed by atoms with E-state index in [1.54, 1.807) is 5.01 Å². The Morgan fingerprint density at radius 3 is 2.14 bits per heavy atom. The average Bonchev–Trinajstić information content (AvgIpc) is 2.15. The van der Waals surface area contributed by atoms with Crippen molar-refractivity contribution in [1.82, 2.24) is 10.4 Å². The molecule has 0 bridgehead atoms. The highest BCUT2D eigenvalue weighted by atomic mass is 31.2.